The summed E-state index contributed by atoms with van der Waals surface area (Å²) in [5, 5.41) is 8.91. The molecule has 0 amide bonds. The van der Waals surface area contributed by atoms with Crippen LogP contribution in [-0.2, 0) is 0 Å². The lowest BCUT2D eigenvalue weighted by Gasteiger charge is -1.99. The van der Waals surface area contributed by atoms with E-state index in [9.17, 15) is 0 Å². The first-order valence-electron chi connectivity index (χ1n) is 4.70. The molecule has 2 rings (SSSR count). The van der Waals surface area contributed by atoms with Gasteiger partial charge in [-0.2, -0.15) is 0 Å². The van der Waals surface area contributed by atoms with Gasteiger partial charge in [-0.3, -0.25) is 0 Å². The highest BCUT2D eigenvalue weighted by atomic mass is 32.1. The molecule has 0 radical (unpaired) electrons. The SMILES string of the molecule is Cc1ccccc1C(O)=S.c1cncnc1. The lowest BCUT2D eigenvalue weighted by Crippen LogP contribution is -1.96. The molecule has 1 heterocycles. The summed E-state index contributed by atoms with van der Waals surface area (Å²) in [6, 6.07) is 9.26. The Hall–Kier alpha value is -1.81. The van der Waals surface area contributed by atoms with Crippen LogP contribution >= 0.6 is 12.2 Å². The smallest absolute Gasteiger partial charge is 0.188 e. The van der Waals surface area contributed by atoms with Gasteiger partial charge in [-0.15, -0.1) is 0 Å². The lowest BCUT2D eigenvalue weighted by atomic mass is 10.1. The number of nitrogens with zero attached hydrogens (tertiary/aromatic N) is 2. The maximum absolute atomic E-state index is 8.94. The van der Waals surface area contributed by atoms with Crippen molar-refractivity contribution >= 4 is 17.3 Å². The predicted octanol–water partition coefficient (Wildman–Crippen LogP) is 2.71. The molecule has 0 saturated carbocycles. The van der Waals surface area contributed by atoms with Crippen molar-refractivity contribution in [3.8, 4) is 0 Å². The number of thiocarbonyl (C=S) groups is 1. The Morgan fingerprint density at radius 1 is 1.12 bits per heavy atom. The number of aliphatic hydroxyl groups is 1. The van der Waals surface area contributed by atoms with E-state index in [4.69, 9.17) is 5.11 Å². The third-order valence-electron chi connectivity index (χ3n) is 1.85. The molecule has 1 aromatic carbocycles. The molecule has 2 aromatic rings. The summed E-state index contributed by atoms with van der Waals surface area (Å²) in [7, 11) is 0. The number of aryl methyl sites for hydroxylation is 1. The van der Waals surface area contributed by atoms with Gasteiger partial charge < -0.3 is 5.11 Å². The predicted molar refractivity (Wildman–Crippen MR) is 67.5 cm³/mol. The molecule has 3 nitrogen and oxygen atoms in total. The van der Waals surface area contributed by atoms with Gasteiger partial charge in [0, 0.05) is 18.0 Å². The van der Waals surface area contributed by atoms with Gasteiger partial charge in [-0.1, -0.05) is 24.3 Å². The van der Waals surface area contributed by atoms with Crippen molar-refractivity contribution in [2.75, 3.05) is 0 Å². The van der Waals surface area contributed by atoms with Crippen molar-refractivity contribution in [1.29, 1.82) is 0 Å². The van der Waals surface area contributed by atoms with Crippen LogP contribution in [0, 0.1) is 6.92 Å². The Bertz CT molecular complexity index is 419. The minimum atomic E-state index is -0.0295. The van der Waals surface area contributed by atoms with Crippen LogP contribution in [0.1, 0.15) is 11.1 Å². The second kappa shape index (κ2) is 6.63. The zero-order chi connectivity index (χ0) is 11.8. The van der Waals surface area contributed by atoms with E-state index in [2.05, 4.69) is 22.2 Å². The molecular formula is C12H12N2OS. The minimum absolute atomic E-state index is 0.0295. The Morgan fingerprint density at radius 3 is 2.06 bits per heavy atom. The highest BCUT2D eigenvalue weighted by Gasteiger charge is 1.98. The zero-order valence-electron chi connectivity index (χ0n) is 8.87. The molecule has 0 bridgehead atoms. The summed E-state index contributed by atoms with van der Waals surface area (Å²) >= 11 is 4.61. The molecule has 0 spiro atoms. The third kappa shape index (κ3) is 4.14. The Kier molecular flexibility index (Phi) is 5.08. The first-order valence-corrected chi connectivity index (χ1v) is 5.11. The quantitative estimate of drug-likeness (QED) is 0.768. The van der Waals surface area contributed by atoms with E-state index >= 15 is 0 Å². The summed E-state index contributed by atoms with van der Waals surface area (Å²) in [6.07, 6.45) is 4.88. The van der Waals surface area contributed by atoms with Gasteiger partial charge in [0.25, 0.3) is 0 Å². The van der Waals surface area contributed by atoms with Crippen molar-refractivity contribution in [1.82, 2.24) is 9.97 Å². The van der Waals surface area contributed by atoms with Crippen LogP contribution in [0.3, 0.4) is 0 Å². The van der Waals surface area contributed by atoms with Crippen molar-refractivity contribution in [2.24, 2.45) is 0 Å². The average Bonchev–Trinajstić information content (AvgIpc) is 2.32. The maximum atomic E-state index is 8.94. The molecule has 0 atom stereocenters. The van der Waals surface area contributed by atoms with Crippen molar-refractivity contribution in [3.05, 3.63) is 60.2 Å². The molecule has 0 aliphatic carbocycles. The number of hydrogen-bond donors (Lipinski definition) is 1. The zero-order valence-corrected chi connectivity index (χ0v) is 9.69. The van der Waals surface area contributed by atoms with Crippen LogP contribution in [0.2, 0.25) is 0 Å². The molecule has 4 heteroatoms. The number of rotatable bonds is 1. The minimum Gasteiger partial charge on any atom is -0.499 e. The standard InChI is InChI=1S/C8H8OS.C4H4N2/c1-6-4-2-3-5-7(6)8(9)10;1-2-5-4-6-3-1/h2-5H,1H3,(H,9,10);1-4H. The van der Waals surface area contributed by atoms with Crippen LogP contribution in [0.15, 0.2) is 49.1 Å². The number of aliphatic hydroxyl groups excluding tert-OH is 1. The van der Waals surface area contributed by atoms with Gasteiger partial charge in [0.15, 0.2) is 5.05 Å². The number of aromatic nitrogens is 2. The highest BCUT2D eigenvalue weighted by Crippen LogP contribution is 2.06. The Balaban J connectivity index is 0.000000181. The van der Waals surface area contributed by atoms with E-state index in [1.807, 2.05) is 25.1 Å². The number of benzene rings is 1. The van der Waals surface area contributed by atoms with Gasteiger partial charge >= 0.3 is 0 Å². The van der Waals surface area contributed by atoms with Crippen molar-refractivity contribution < 1.29 is 5.11 Å². The van der Waals surface area contributed by atoms with Crippen LogP contribution in [0.4, 0.5) is 0 Å². The van der Waals surface area contributed by atoms with Crippen molar-refractivity contribution in [3.63, 3.8) is 0 Å². The Labute approximate surface area is 99.8 Å². The van der Waals surface area contributed by atoms with Crippen LogP contribution in [-0.4, -0.2) is 20.1 Å². The topological polar surface area (TPSA) is 46.0 Å². The second-order valence-corrected chi connectivity index (χ2v) is 3.41. The van der Waals surface area contributed by atoms with E-state index in [1.54, 1.807) is 24.5 Å². The van der Waals surface area contributed by atoms with E-state index in [1.165, 1.54) is 6.33 Å². The maximum Gasteiger partial charge on any atom is 0.188 e. The second-order valence-electron chi connectivity index (χ2n) is 3.02. The first kappa shape index (κ1) is 12.3. The summed E-state index contributed by atoms with van der Waals surface area (Å²) < 4.78 is 0. The molecular weight excluding hydrogens is 220 g/mol. The summed E-state index contributed by atoms with van der Waals surface area (Å²) in [4.78, 5) is 7.35. The monoisotopic (exact) mass is 232 g/mol. The van der Waals surface area contributed by atoms with Gasteiger partial charge in [0.2, 0.25) is 0 Å². The fraction of sp³-hybridized carbons (Fsp3) is 0.0833. The molecule has 0 saturated heterocycles. The summed E-state index contributed by atoms with van der Waals surface area (Å²) in [5.41, 5.74) is 1.76. The van der Waals surface area contributed by atoms with E-state index < -0.39 is 0 Å². The van der Waals surface area contributed by atoms with Crippen LogP contribution < -0.4 is 0 Å². The van der Waals surface area contributed by atoms with E-state index in [0.717, 1.165) is 11.1 Å². The van der Waals surface area contributed by atoms with Gasteiger partial charge in [-0.05, 0) is 30.8 Å². The first-order chi connectivity index (χ1) is 7.72. The lowest BCUT2D eigenvalue weighted by molar-refractivity contribution is 0.570. The fourth-order valence-corrected chi connectivity index (χ4v) is 1.30. The normalized spacial score (nSPS) is 8.81. The molecule has 1 aromatic heterocycles. The molecule has 0 unspecified atom stereocenters. The van der Waals surface area contributed by atoms with Crippen LogP contribution in [0.5, 0.6) is 0 Å². The molecule has 0 fully saturated rings. The number of hydrogen-bond acceptors (Lipinski definition) is 3. The molecule has 1 N–H and O–H groups in total. The fourth-order valence-electron chi connectivity index (χ4n) is 1.07. The van der Waals surface area contributed by atoms with Crippen molar-refractivity contribution in [2.45, 2.75) is 6.92 Å². The average molecular weight is 232 g/mol. The molecule has 0 aliphatic rings. The summed E-state index contributed by atoms with van der Waals surface area (Å²) in [6.45, 7) is 1.91. The Morgan fingerprint density at radius 2 is 1.75 bits per heavy atom. The molecule has 82 valence electrons. The van der Waals surface area contributed by atoms with Gasteiger partial charge in [-0.25, -0.2) is 9.97 Å². The molecule has 16 heavy (non-hydrogen) atoms. The van der Waals surface area contributed by atoms with Crippen LogP contribution in [0.25, 0.3) is 0 Å². The highest BCUT2D eigenvalue weighted by molar-refractivity contribution is 7.80. The largest absolute Gasteiger partial charge is 0.499 e. The summed E-state index contributed by atoms with van der Waals surface area (Å²) in [5.74, 6) is 0. The van der Waals surface area contributed by atoms with E-state index in [0.29, 0.717) is 0 Å². The third-order valence-corrected chi connectivity index (χ3v) is 2.07. The van der Waals surface area contributed by atoms with Gasteiger partial charge in [0.1, 0.15) is 6.33 Å². The van der Waals surface area contributed by atoms with E-state index in [-0.39, 0.29) is 5.05 Å². The molecule has 0 aliphatic heterocycles. The van der Waals surface area contributed by atoms with Gasteiger partial charge in [0.05, 0.1) is 0 Å².